The number of aryl methyl sites for hydroxylation is 1. The van der Waals surface area contributed by atoms with Crippen LogP contribution in [-0.2, 0) is 4.79 Å². The Hall–Kier alpha value is -3.36. The fourth-order valence-corrected chi connectivity index (χ4v) is 2.37. The number of halogens is 3. The van der Waals surface area contributed by atoms with E-state index in [0.29, 0.717) is 28.1 Å². The molecule has 1 aromatic carbocycles. The van der Waals surface area contributed by atoms with Gasteiger partial charge in [-0.1, -0.05) is 6.58 Å². The van der Waals surface area contributed by atoms with Crippen molar-refractivity contribution in [3.8, 4) is 11.4 Å². The van der Waals surface area contributed by atoms with Crippen molar-refractivity contribution in [2.75, 3.05) is 5.32 Å². The van der Waals surface area contributed by atoms with E-state index in [0.717, 1.165) is 6.08 Å². The van der Waals surface area contributed by atoms with Crippen LogP contribution in [0.15, 0.2) is 49.2 Å². The van der Waals surface area contributed by atoms with Crippen LogP contribution >= 0.6 is 0 Å². The van der Waals surface area contributed by atoms with Gasteiger partial charge in [0.05, 0.1) is 23.3 Å². The molecular weight excluding hydrogens is 349 g/mol. The molecule has 2 aromatic heterocycles. The van der Waals surface area contributed by atoms with Gasteiger partial charge >= 0.3 is 6.36 Å². The van der Waals surface area contributed by atoms with Crippen molar-refractivity contribution in [1.29, 1.82) is 0 Å². The van der Waals surface area contributed by atoms with Crippen LogP contribution in [0.3, 0.4) is 0 Å². The Balaban J connectivity index is 1.95. The minimum Gasteiger partial charge on any atom is -0.406 e. The van der Waals surface area contributed by atoms with Gasteiger partial charge in [-0.15, -0.1) is 13.2 Å². The van der Waals surface area contributed by atoms with Gasteiger partial charge in [0.1, 0.15) is 5.75 Å². The molecule has 3 rings (SSSR count). The molecule has 134 valence electrons. The summed E-state index contributed by atoms with van der Waals surface area (Å²) in [6.45, 7) is 5.14. The number of anilines is 1. The summed E-state index contributed by atoms with van der Waals surface area (Å²) in [4.78, 5) is 15.7. The third kappa shape index (κ3) is 3.66. The van der Waals surface area contributed by atoms with Gasteiger partial charge in [-0.2, -0.15) is 5.10 Å². The van der Waals surface area contributed by atoms with E-state index in [1.807, 2.05) is 0 Å². The maximum absolute atomic E-state index is 12.2. The van der Waals surface area contributed by atoms with Crippen LogP contribution in [0.25, 0.3) is 16.7 Å². The van der Waals surface area contributed by atoms with Crippen LogP contribution in [0.5, 0.6) is 5.75 Å². The first-order valence-corrected chi connectivity index (χ1v) is 7.42. The molecule has 0 fully saturated rings. The molecule has 0 bridgehead atoms. The number of rotatable bonds is 4. The highest BCUT2D eigenvalue weighted by atomic mass is 19.4. The third-order valence-electron chi connectivity index (χ3n) is 3.47. The van der Waals surface area contributed by atoms with Crippen LogP contribution in [0, 0.1) is 6.92 Å². The second-order valence-corrected chi connectivity index (χ2v) is 5.33. The van der Waals surface area contributed by atoms with Crippen LogP contribution < -0.4 is 10.1 Å². The zero-order valence-electron chi connectivity index (χ0n) is 13.5. The molecule has 0 atom stereocenters. The third-order valence-corrected chi connectivity index (χ3v) is 3.47. The number of ether oxygens (including phenoxy) is 1. The van der Waals surface area contributed by atoms with E-state index in [-0.39, 0.29) is 11.7 Å². The Morgan fingerprint density at radius 1 is 1.31 bits per heavy atom. The molecule has 2 heterocycles. The molecule has 9 heteroatoms. The lowest BCUT2D eigenvalue weighted by molar-refractivity contribution is -0.274. The van der Waals surface area contributed by atoms with Crippen LogP contribution in [0.2, 0.25) is 0 Å². The fraction of sp³-hybridized carbons (Fsp3) is 0.118. The molecule has 26 heavy (non-hydrogen) atoms. The molecule has 0 aliphatic rings. The average molecular weight is 362 g/mol. The SMILES string of the molecule is C=CC(=O)Nc1cnc2c(c1)c(C)nn2-c1ccc(OC(F)(F)F)cc1. The van der Waals surface area contributed by atoms with Crippen LogP contribution in [-0.4, -0.2) is 27.0 Å². The van der Waals surface area contributed by atoms with E-state index >= 15 is 0 Å². The smallest absolute Gasteiger partial charge is 0.406 e. The van der Waals surface area contributed by atoms with E-state index in [2.05, 4.69) is 26.7 Å². The topological polar surface area (TPSA) is 69.0 Å². The molecule has 3 aromatic rings. The molecule has 0 saturated heterocycles. The average Bonchev–Trinajstić information content (AvgIpc) is 2.90. The van der Waals surface area contributed by atoms with E-state index in [1.165, 1.54) is 35.1 Å². The number of benzene rings is 1. The van der Waals surface area contributed by atoms with E-state index < -0.39 is 6.36 Å². The number of carbonyl (C=O) groups excluding carboxylic acids is 1. The second kappa shape index (κ2) is 6.51. The number of amides is 1. The van der Waals surface area contributed by atoms with Gasteiger partial charge in [-0.25, -0.2) is 9.67 Å². The van der Waals surface area contributed by atoms with Gasteiger partial charge in [0.25, 0.3) is 0 Å². The number of hydrogen-bond acceptors (Lipinski definition) is 4. The normalized spacial score (nSPS) is 11.4. The number of hydrogen-bond donors (Lipinski definition) is 1. The molecule has 0 unspecified atom stereocenters. The summed E-state index contributed by atoms with van der Waals surface area (Å²) in [6, 6.07) is 7.00. The number of nitrogens with zero attached hydrogens (tertiary/aromatic N) is 3. The molecule has 6 nitrogen and oxygen atoms in total. The molecule has 1 amide bonds. The maximum Gasteiger partial charge on any atom is 0.573 e. The zero-order chi connectivity index (χ0) is 18.9. The summed E-state index contributed by atoms with van der Waals surface area (Å²) in [5, 5.41) is 7.67. The summed E-state index contributed by atoms with van der Waals surface area (Å²) in [6.07, 6.45) is -2.14. The Labute approximate surface area is 145 Å². The van der Waals surface area contributed by atoms with Crippen LogP contribution in [0.4, 0.5) is 18.9 Å². The number of nitrogens with one attached hydrogen (secondary N) is 1. The number of carbonyl (C=O) groups is 1. The lowest BCUT2D eigenvalue weighted by Crippen LogP contribution is -2.17. The predicted octanol–water partition coefficient (Wildman–Crippen LogP) is 3.75. The van der Waals surface area contributed by atoms with E-state index in [9.17, 15) is 18.0 Å². The lowest BCUT2D eigenvalue weighted by atomic mass is 10.2. The number of pyridine rings is 1. The Morgan fingerprint density at radius 2 is 2.00 bits per heavy atom. The van der Waals surface area contributed by atoms with Crippen molar-refractivity contribution in [2.45, 2.75) is 13.3 Å². The predicted molar refractivity (Wildman–Crippen MR) is 89.1 cm³/mol. The van der Waals surface area contributed by atoms with Crippen molar-refractivity contribution in [1.82, 2.24) is 14.8 Å². The molecule has 0 radical (unpaired) electrons. The summed E-state index contributed by atoms with van der Waals surface area (Å²) >= 11 is 0. The minimum atomic E-state index is -4.75. The zero-order valence-corrected chi connectivity index (χ0v) is 13.5. The van der Waals surface area contributed by atoms with Gasteiger partial charge in [-0.3, -0.25) is 4.79 Å². The molecule has 1 N–H and O–H groups in total. The van der Waals surface area contributed by atoms with Crippen molar-refractivity contribution in [2.24, 2.45) is 0 Å². The van der Waals surface area contributed by atoms with Crippen molar-refractivity contribution < 1.29 is 22.7 Å². The van der Waals surface area contributed by atoms with Crippen molar-refractivity contribution in [3.63, 3.8) is 0 Å². The summed E-state index contributed by atoms with van der Waals surface area (Å²) in [7, 11) is 0. The largest absolute Gasteiger partial charge is 0.573 e. The maximum atomic E-state index is 12.2. The Kier molecular flexibility index (Phi) is 4.37. The first-order valence-electron chi connectivity index (χ1n) is 7.42. The Bertz CT molecular complexity index is 978. The quantitative estimate of drug-likeness (QED) is 0.718. The number of fused-ring (bicyclic) bond motifs is 1. The first-order chi connectivity index (χ1) is 12.3. The van der Waals surface area contributed by atoms with Gasteiger partial charge in [0.15, 0.2) is 5.65 Å². The highest BCUT2D eigenvalue weighted by molar-refractivity contribution is 6.00. The van der Waals surface area contributed by atoms with Gasteiger partial charge < -0.3 is 10.1 Å². The summed E-state index contributed by atoms with van der Waals surface area (Å²) in [5.41, 5.74) is 2.16. The number of aromatic nitrogens is 3. The number of alkyl halides is 3. The molecule has 0 saturated carbocycles. The molecule has 0 spiro atoms. The minimum absolute atomic E-state index is 0.322. The molecular formula is C17H13F3N4O2. The Morgan fingerprint density at radius 3 is 2.62 bits per heavy atom. The summed E-state index contributed by atoms with van der Waals surface area (Å²) < 4.78 is 42.1. The first kappa shape index (κ1) is 17.5. The van der Waals surface area contributed by atoms with Gasteiger partial charge in [0.2, 0.25) is 5.91 Å². The molecule has 0 aliphatic carbocycles. The fourth-order valence-electron chi connectivity index (χ4n) is 2.37. The van der Waals surface area contributed by atoms with Crippen molar-refractivity contribution >= 4 is 22.6 Å². The standard InChI is InChI=1S/C17H13F3N4O2/c1-3-15(25)22-11-8-14-10(2)23-24(16(14)21-9-11)12-4-6-13(7-5-12)26-17(18,19)20/h3-9H,1H2,2H3,(H,22,25). The highest BCUT2D eigenvalue weighted by Crippen LogP contribution is 2.26. The highest BCUT2D eigenvalue weighted by Gasteiger charge is 2.31. The lowest BCUT2D eigenvalue weighted by Gasteiger charge is -2.09. The summed E-state index contributed by atoms with van der Waals surface area (Å²) in [5.74, 6) is -0.687. The van der Waals surface area contributed by atoms with Crippen molar-refractivity contribution in [3.05, 3.63) is 54.9 Å². The van der Waals surface area contributed by atoms with Gasteiger partial charge in [0, 0.05) is 5.39 Å². The van der Waals surface area contributed by atoms with E-state index in [1.54, 1.807) is 13.0 Å². The van der Waals surface area contributed by atoms with Crippen LogP contribution in [0.1, 0.15) is 5.69 Å². The monoisotopic (exact) mass is 362 g/mol. The second-order valence-electron chi connectivity index (χ2n) is 5.33. The van der Waals surface area contributed by atoms with Gasteiger partial charge in [-0.05, 0) is 43.3 Å². The van der Waals surface area contributed by atoms with E-state index in [4.69, 9.17) is 0 Å². The molecule has 0 aliphatic heterocycles.